The van der Waals surface area contributed by atoms with Crippen LogP contribution in [0.1, 0.15) is 5.56 Å². The van der Waals surface area contributed by atoms with Crippen molar-refractivity contribution >= 4 is 39.1 Å². The van der Waals surface area contributed by atoms with E-state index in [2.05, 4.69) is 21.2 Å². The Hall–Kier alpha value is -1.05. The number of nitriles is 1. The molecule has 0 atom stereocenters. The molecule has 5 heteroatoms. The Balaban J connectivity index is 2.90. The van der Waals surface area contributed by atoms with Gasteiger partial charge in [-0.25, -0.2) is 0 Å². The van der Waals surface area contributed by atoms with Crippen LogP contribution in [0.4, 0.5) is 5.69 Å². The molecule has 3 nitrogen and oxygen atoms in total. The predicted molar refractivity (Wildman–Crippen MR) is 58.6 cm³/mol. The van der Waals surface area contributed by atoms with Gasteiger partial charge in [0.15, 0.2) is 0 Å². The molecular weight excluding hydrogens is 267 g/mol. The van der Waals surface area contributed by atoms with Crippen molar-refractivity contribution in [2.24, 2.45) is 0 Å². The largest absolute Gasteiger partial charge is 0.324 e. The van der Waals surface area contributed by atoms with Gasteiger partial charge in [-0.15, -0.1) is 0 Å². The fourth-order valence-corrected chi connectivity index (χ4v) is 1.24. The number of nitrogens with one attached hydrogen (secondary N) is 1. The van der Waals surface area contributed by atoms with Crippen molar-refractivity contribution < 1.29 is 4.79 Å². The molecule has 1 aromatic rings. The van der Waals surface area contributed by atoms with E-state index < -0.39 is 0 Å². The first-order valence-electron chi connectivity index (χ1n) is 3.73. The summed E-state index contributed by atoms with van der Waals surface area (Å²) in [5.74, 6) is -0.184. The minimum Gasteiger partial charge on any atom is -0.324 e. The van der Waals surface area contributed by atoms with E-state index in [1.54, 1.807) is 12.1 Å². The normalized spacial score (nSPS) is 9.21. The number of hydrogen-bond acceptors (Lipinski definition) is 2. The van der Waals surface area contributed by atoms with E-state index in [9.17, 15) is 4.79 Å². The molecule has 1 rings (SSSR count). The average Bonchev–Trinajstić information content (AvgIpc) is 2.20. The molecule has 0 saturated carbocycles. The number of halogens is 2. The van der Waals surface area contributed by atoms with Crippen LogP contribution in [0, 0.1) is 11.3 Å². The van der Waals surface area contributed by atoms with Crippen LogP contribution in [-0.2, 0) is 4.79 Å². The summed E-state index contributed by atoms with van der Waals surface area (Å²) in [6.45, 7) is 0. The van der Waals surface area contributed by atoms with Gasteiger partial charge in [-0.05, 0) is 18.2 Å². The lowest BCUT2D eigenvalue weighted by Gasteiger charge is -2.04. The number of carbonyl (C=O) groups is 1. The Kier molecular flexibility index (Phi) is 3.93. The van der Waals surface area contributed by atoms with Gasteiger partial charge in [0.25, 0.3) is 0 Å². The SMILES string of the molecule is N#Cc1ccc(NC(=O)CBr)c(Cl)c1. The van der Waals surface area contributed by atoms with E-state index in [0.29, 0.717) is 16.3 Å². The second-order valence-electron chi connectivity index (χ2n) is 2.49. The van der Waals surface area contributed by atoms with Gasteiger partial charge in [0.1, 0.15) is 0 Å². The summed E-state index contributed by atoms with van der Waals surface area (Å²) >= 11 is 8.85. The number of hydrogen-bond donors (Lipinski definition) is 1. The molecule has 72 valence electrons. The van der Waals surface area contributed by atoms with Crippen LogP contribution in [0.15, 0.2) is 18.2 Å². The maximum atomic E-state index is 11.0. The number of alkyl halides is 1. The van der Waals surface area contributed by atoms with Crippen LogP contribution in [0.3, 0.4) is 0 Å². The third-order valence-corrected chi connectivity index (χ3v) is 2.32. The van der Waals surface area contributed by atoms with E-state index in [0.717, 1.165) is 0 Å². The van der Waals surface area contributed by atoms with Crippen molar-refractivity contribution in [1.82, 2.24) is 0 Å². The van der Waals surface area contributed by atoms with Crippen LogP contribution in [-0.4, -0.2) is 11.2 Å². The molecular formula is C9H6BrClN2O. The highest BCUT2D eigenvalue weighted by atomic mass is 79.9. The summed E-state index contributed by atoms with van der Waals surface area (Å²) in [6, 6.07) is 6.65. The third kappa shape index (κ3) is 2.72. The highest BCUT2D eigenvalue weighted by Gasteiger charge is 2.04. The summed E-state index contributed by atoms with van der Waals surface area (Å²) < 4.78 is 0. The Morgan fingerprint density at radius 3 is 2.86 bits per heavy atom. The third-order valence-electron chi connectivity index (χ3n) is 1.49. The second-order valence-corrected chi connectivity index (χ2v) is 3.46. The van der Waals surface area contributed by atoms with E-state index in [1.165, 1.54) is 6.07 Å². The summed E-state index contributed by atoms with van der Waals surface area (Å²) in [4.78, 5) is 11.0. The first-order valence-corrected chi connectivity index (χ1v) is 5.22. The molecule has 0 aromatic heterocycles. The number of benzene rings is 1. The highest BCUT2D eigenvalue weighted by Crippen LogP contribution is 2.22. The lowest BCUT2D eigenvalue weighted by molar-refractivity contribution is -0.113. The fraction of sp³-hybridized carbons (Fsp3) is 0.111. The Morgan fingerprint density at radius 2 is 2.36 bits per heavy atom. The number of amides is 1. The number of nitrogens with zero attached hydrogens (tertiary/aromatic N) is 1. The highest BCUT2D eigenvalue weighted by molar-refractivity contribution is 9.09. The van der Waals surface area contributed by atoms with Gasteiger partial charge in [-0.3, -0.25) is 4.79 Å². The van der Waals surface area contributed by atoms with Crippen LogP contribution >= 0.6 is 27.5 Å². The Labute approximate surface area is 94.8 Å². The summed E-state index contributed by atoms with van der Waals surface area (Å²) in [6.07, 6.45) is 0. The van der Waals surface area contributed by atoms with Crippen molar-refractivity contribution in [3.8, 4) is 6.07 Å². The number of anilines is 1. The first-order chi connectivity index (χ1) is 6.67. The maximum Gasteiger partial charge on any atom is 0.235 e. The molecule has 1 aromatic carbocycles. The zero-order valence-electron chi connectivity index (χ0n) is 7.05. The van der Waals surface area contributed by atoms with Crippen LogP contribution in [0.5, 0.6) is 0 Å². The van der Waals surface area contributed by atoms with Crippen LogP contribution < -0.4 is 5.32 Å². The van der Waals surface area contributed by atoms with Gasteiger partial charge in [0.2, 0.25) is 5.91 Å². The van der Waals surface area contributed by atoms with Crippen LogP contribution in [0.25, 0.3) is 0 Å². The molecule has 0 heterocycles. The molecule has 0 aliphatic heterocycles. The Morgan fingerprint density at radius 1 is 1.64 bits per heavy atom. The van der Waals surface area contributed by atoms with Crippen molar-refractivity contribution in [3.05, 3.63) is 28.8 Å². The average molecular weight is 274 g/mol. The van der Waals surface area contributed by atoms with Crippen molar-refractivity contribution in [2.75, 3.05) is 10.6 Å². The van der Waals surface area contributed by atoms with Crippen molar-refractivity contribution in [2.45, 2.75) is 0 Å². The lowest BCUT2D eigenvalue weighted by atomic mass is 10.2. The van der Waals surface area contributed by atoms with Crippen LogP contribution in [0.2, 0.25) is 5.02 Å². The van der Waals surface area contributed by atoms with Gasteiger partial charge in [-0.2, -0.15) is 5.26 Å². The molecule has 0 fully saturated rings. The maximum absolute atomic E-state index is 11.0. The summed E-state index contributed by atoms with van der Waals surface area (Å²) in [5.41, 5.74) is 0.974. The van der Waals surface area contributed by atoms with E-state index in [-0.39, 0.29) is 11.2 Å². The number of carbonyl (C=O) groups excluding carboxylic acids is 1. The van der Waals surface area contributed by atoms with E-state index in [4.69, 9.17) is 16.9 Å². The minimum absolute atomic E-state index is 0.184. The quantitative estimate of drug-likeness (QED) is 0.842. The van der Waals surface area contributed by atoms with E-state index in [1.807, 2.05) is 6.07 Å². The molecule has 0 radical (unpaired) electrons. The van der Waals surface area contributed by atoms with Gasteiger partial charge < -0.3 is 5.32 Å². The van der Waals surface area contributed by atoms with Gasteiger partial charge in [-0.1, -0.05) is 27.5 Å². The summed E-state index contributed by atoms with van der Waals surface area (Å²) in [5, 5.41) is 11.7. The van der Waals surface area contributed by atoms with Gasteiger partial charge >= 0.3 is 0 Å². The van der Waals surface area contributed by atoms with Gasteiger partial charge in [0.05, 0.1) is 27.7 Å². The zero-order chi connectivity index (χ0) is 10.6. The molecule has 14 heavy (non-hydrogen) atoms. The molecule has 1 amide bonds. The predicted octanol–water partition coefficient (Wildman–Crippen LogP) is 2.55. The van der Waals surface area contributed by atoms with E-state index >= 15 is 0 Å². The monoisotopic (exact) mass is 272 g/mol. The molecule has 0 spiro atoms. The molecule has 0 saturated heterocycles. The van der Waals surface area contributed by atoms with Crippen molar-refractivity contribution in [1.29, 1.82) is 5.26 Å². The molecule has 0 bridgehead atoms. The molecule has 0 aliphatic rings. The standard InChI is InChI=1S/C9H6BrClN2O/c10-4-9(14)13-8-2-1-6(5-12)3-7(8)11/h1-3H,4H2,(H,13,14). The summed E-state index contributed by atoms with van der Waals surface area (Å²) in [7, 11) is 0. The molecule has 0 aliphatic carbocycles. The van der Waals surface area contributed by atoms with Gasteiger partial charge in [0, 0.05) is 0 Å². The zero-order valence-corrected chi connectivity index (χ0v) is 9.39. The topological polar surface area (TPSA) is 52.9 Å². The number of rotatable bonds is 2. The van der Waals surface area contributed by atoms with Crippen molar-refractivity contribution in [3.63, 3.8) is 0 Å². The lowest BCUT2D eigenvalue weighted by Crippen LogP contribution is -2.12. The second kappa shape index (κ2) is 4.99. The minimum atomic E-state index is -0.184. The molecule has 0 unspecified atom stereocenters. The fourth-order valence-electron chi connectivity index (χ4n) is 0.870. The first kappa shape index (κ1) is 11.0. The Bertz CT molecular complexity index is 400. The molecule has 1 N–H and O–H groups in total. The smallest absolute Gasteiger partial charge is 0.235 e.